The fourth-order valence-corrected chi connectivity index (χ4v) is 1.07. The second kappa shape index (κ2) is 3.71. The van der Waals surface area contributed by atoms with Crippen LogP contribution >= 0.6 is 0 Å². The van der Waals surface area contributed by atoms with Gasteiger partial charge in [-0.05, 0) is 6.42 Å². The van der Waals surface area contributed by atoms with Gasteiger partial charge in [0.05, 0.1) is 12.7 Å². The van der Waals surface area contributed by atoms with E-state index in [1.807, 2.05) is 6.08 Å². The molecule has 1 aliphatic rings. The first-order valence-corrected chi connectivity index (χ1v) is 3.55. The summed E-state index contributed by atoms with van der Waals surface area (Å²) >= 11 is 0. The van der Waals surface area contributed by atoms with Crippen LogP contribution in [0.4, 0.5) is 0 Å². The van der Waals surface area contributed by atoms with Gasteiger partial charge in [0.1, 0.15) is 0 Å². The smallest absolute Gasteiger partial charge is 0.0750 e. The normalized spacial score (nSPS) is 28.3. The van der Waals surface area contributed by atoms with Gasteiger partial charge in [-0.3, -0.25) is 5.84 Å². The van der Waals surface area contributed by atoms with Gasteiger partial charge in [-0.1, -0.05) is 6.08 Å². The quantitative estimate of drug-likeness (QED) is 0.440. The molecule has 1 saturated heterocycles. The first-order valence-electron chi connectivity index (χ1n) is 3.55. The minimum absolute atomic E-state index is 0.260. The van der Waals surface area contributed by atoms with Gasteiger partial charge in [-0.25, -0.2) is 5.01 Å². The lowest BCUT2D eigenvalue weighted by molar-refractivity contribution is -0.0266. The van der Waals surface area contributed by atoms with Crippen molar-refractivity contribution in [2.75, 3.05) is 19.7 Å². The Morgan fingerprint density at radius 2 is 2.60 bits per heavy atom. The fourth-order valence-electron chi connectivity index (χ4n) is 1.07. The van der Waals surface area contributed by atoms with Crippen molar-refractivity contribution in [3.8, 4) is 0 Å². The van der Waals surface area contributed by atoms with Crippen LogP contribution in [0.2, 0.25) is 0 Å². The van der Waals surface area contributed by atoms with Crippen LogP contribution in [-0.4, -0.2) is 30.8 Å². The number of rotatable bonds is 2. The Hall–Kier alpha value is -0.380. The van der Waals surface area contributed by atoms with Crippen molar-refractivity contribution in [2.24, 2.45) is 5.84 Å². The van der Waals surface area contributed by atoms with Crippen molar-refractivity contribution in [1.29, 1.82) is 0 Å². The summed E-state index contributed by atoms with van der Waals surface area (Å²) in [5.74, 6) is 5.57. The average Bonchev–Trinajstić information content (AvgIpc) is 1.88. The third-order valence-electron chi connectivity index (χ3n) is 1.60. The standard InChI is InChI=1S/C7H14N2O/c1-2-3-7-6-9(8)4-5-10-7/h2,7H,1,3-6,8H2. The fraction of sp³-hybridized carbons (Fsp3) is 0.714. The molecule has 0 saturated carbocycles. The molecule has 0 aliphatic carbocycles. The van der Waals surface area contributed by atoms with Crippen LogP contribution in [0.25, 0.3) is 0 Å². The number of hydrogen-bond donors (Lipinski definition) is 1. The van der Waals surface area contributed by atoms with Gasteiger partial charge in [-0.15, -0.1) is 6.58 Å². The zero-order chi connectivity index (χ0) is 7.40. The highest BCUT2D eigenvalue weighted by Crippen LogP contribution is 2.04. The number of nitrogens with two attached hydrogens (primary N) is 1. The summed E-state index contributed by atoms with van der Waals surface area (Å²) in [5.41, 5.74) is 0. The van der Waals surface area contributed by atoms with E-state index in [1.165, 1.54) is 0 Å². The topological polar surface area (TPSA) is 38.5 Å². The molecule has 0 spiro atoms. The van der Waals surface area contributed by atoms with E-state index >= 15 is 0 Å². The Morgan fingerprint density at radius 3 is 3.20 bits per heavy atom. The van der Waals surface area contributed by atoms with Gasteiger partial charge in [0.2, 0.25) is 0 Å². The Morgan fingerprint density at radius 1 is 1.80 bits per heavy atom. The summed E-state index contributed by atoms with van der Waals surface area (Å²) in [4.78, 5) is 0. The first-order chi connectivity index (χ1) is 4.83. The van der Waals surface area contributed by atoms with Crippen molar-refractivity contribution in [3.63, 3.8) is 0 Å². The molecular weight excluding hydrogens is 128 g/mol. The van der Waals surface area contributed by atoms with E-state index in [-0.39, 0.29) is 6.10 Å². The van der Waals surface area contributed by atoms with Crippen molar-refractivity contribution in [3.05, 3.63) is 12.7 Å². The van der Waals surface area contributed by atoms with Gasteiger partial charge in [-0.2, -0.15) is 0 Å². The van der Waals surface area contributed by atoms with Crippen LogP contribution in [0.15, 0.2) is 12.7 Å². The van der Waals surface area contributed by atoms with Gasteiger partial charge in [0, 0.05) is 13.1 Å². The third kappa shape index (κ3) is 2.10. The lowest BCUT2D eigenvalue weighted by Gasteiger charge is -2.28. The van der Waals surface area contributed by atoms with Crippen LogP contribution in [0.5, 0.6) is 0 Å². The minimum Gasteiger partial charge on any atom is -0.375 e. The largest absolute Gasteiger partial charge is 0.375 e. The summed E-state index contributed by atoms with van der Waals surface area (Å²) in [6.07, 6.45) is 3.02. The molecular formula is C7H14N2O. The molecule has 1 unspecified atom stereocenters. The van der Waals surface area contributed by atoms with Crippen LogP contribution in [0, 0.1) is 0 Å². The Kier molecular flexibility index (Phi) is 2.86. The molecule has 1 heterocycles. The number of hydrogen-bond acceptors (Lipinski definition) is 3. The molecule has 10 heavy (non-hydrogen) atoms. The van der Waals surface area contributed by atoms with E-state index in [9.17, 15) is 0 Å². The molecule has 1 fully saturated rings. The van der Waals surface area contributed by atoms with Crippen molar-refractivity contribution in [2.45, 2.75) is 12.5 Å². The third-order valence-corrected chi connectivity index (χ3v) is 1.60. The molecule has 1 atom stereocenters. The Labute approximate surface area is 61.4 Å². The van der Waals surface area contributed by atoms with Gasteiger partial charge in [0.15, 0.2) is 0 Å². The first kappa shape index (κ1) is 7.72. The maximum atomic E-state index is 5.57. The highest BCUT2D eigenvalue weighted by molar-refractivity contribution is 4.77. The number of nitrogens with zero attached hydrogens (tertiary/aromatic N) is 1. The van der Waals surface area contributed by atoms with E-state index in [4.69, 9.17) is 10.6 Å². The van der Waals surface area contributed by atoms with Crippen LogP contribution < -0.4 is 5.84 Å². The molecule has 2 N–H and O–H groups in total. The predicted molar refractivity (Wildman–Crippen MR) is 40.3 cm³/mol. The van der Waals surface area contributed by atoms with Crippen LogP contribution in [0.1, 0.15) is 6.42 Å². The monoisotopic (exact) mass is 142 g/mol. The second-order valence-electron chi connectivity index (χ2n) is 2.51. The molecule has 0 amide bonds. The predicted octanol–water partition coefficient (Wildman–Crippen LogP) is 0.137. The van der Waals surface area contributed by atoms with Crippen LogP contribution in [-0.2, 0) is 4.74 Å². The van der Waals surface area contributed by atoms with Gasteiger partial charge < -0.3 is 4.74 Å². The van der Waals surface area contributed by atoms with E-state index in [1.54, 1.807) is 5.01 Å². The molecule has 0 bridgehead atoms. The highest BCUT2D eigenvalue weighted by Gasteiger charge is 2.15. The molecule has 1 aliphatic heterocycles. The van der Waals surface area contributed by atoms with E-state index in [2.05, 4.69) is 6.58 Å². The van der Waals surface area contributed by atoms with Crippen molar-refractivity contribution < 1.29 is 4.74 Å². The van der Waals surface area contributed by atoms with E-state index in [0.29, 0.717) is 0 Å². The summed E-state index contributed by atoms with van der Waals surface area (Å²) in [5, 5.41) is 1.79. The number of hydrazine groups is 1. The summed E-state index contributed by atoms with van der Waals surface area (Å²) < 4.78 is 5.40. The lowest BCUT2D eigenvalue weighted by atomic mass is 10.2. The van der Waals surface area contributed by atoms with Crippen molar-refractivity contribution in [1.82, 2.24) is 5.01 Å². The molecule has 0 radical (unpaired) electrons. The Bertz CT molecular complexity index is 116. The van der Waals surface area contributed by atoms with Crippen molar-refractivity contribution >= 4 is 0 Å². The molecule has 1 rings (SSSR count). The lowest BCUT2D eigenvalue weighted by Crippen LogP contribution is -2.46. The highest BCUT2D eigenvalue weighted by atomic mass is 16.5. The Balaban J connectivity index is 2.24. The van der Waals surface area contributed by atoms with E-state index in [0.717, 1.165) is 26.1 Å². The van der Waals surface area contributed by atoms with Gasteiger partial charge >= 0.3 is 0 Å². The average molecular weight is 142 g/mol. The maximum Gasteiger partial charge on any atom is 0.0750 e. The maximum absolute atomic E-state index is 5.57. The van der Waals surface area contributed by atoms with E-state index < -0.39 is 0 Å². The number of ether oxygens (including phenoxy) is 1. The van der Waals surface area contributed by atoms with Crippen LogP contribution in [0.3, 0.4) is 0 Å². The minimum atomic E-state index is 0.260. The summed E-state index contributed by atoms with van der Waals surface area (Å²) in [6, 6.07) is 0. The number of morpholine rings is 1. The molecule has 0 aromatic rings. The second-order valence-corrected chi connectivity index (χ2v) is 2.51. The zero-order valence-corrected chi connectivity index (χ0v) is 6.12. The molecule has 0 aromatic heterocycles. The molecule has 0 aromatic carbocycles. The molecule has 3 nitrogen and oxygen atoms in total. The van der Waals surface area contributed by atoms with Gasteiger partial charge in [0.25, 0.3) is 0 Å². The molecule has 3 heteroatoms. The molecule has 58 valence electrons. The SMILES string of the molecule is C=CCC1CN(N)CCO1. The summed E-state index contributed by atoms with van der Waals surface area (Å²) in [7, 11) is 0. The summed E-state index contributed by atoms with van der Waals surface area (Å²) in [6.45, 7) is 6.05. The zero-order valence-electron chi connectivity index (χ0n) is 6.12.